The summed E-state index contributed by atoms with van der Waals surface area (Å²) in [6.45, 7) is 7.74. The Bertz CT molecular complexity index is 1290. The quantitative estimate of drug-likeness (QED) is 0.446. The second-order valence-corrected chi connectivity index (χ2v) is 8.84. The molecule has 1 aliphatic rings. The molecule has 1 aliphatic heterocycles. The minimum Gasteiger partial charge on any atom is -0.340 e. The molecular weight excluding hydrogens is 453 g/mol. The molecule has 4 heterocycles. The van der Waals surface area contributed by atoms with Crippen molar-refractivity contribution < 1.29 is 0 Å². The Morgan fingerprint density at radius 2 is 1.75 bits per heavy atom. The van der Waals surface area contributed by atoms with Crippen molar-refractivity contribution in [3.05, 3.63) is 60.5 Å². The normalized spacial score (nSPS) is 14.2. The van der Waals surface area contributed by atoms with E-state index < -0.39 is 11.2 Å². The molecule has 3 aromatic heterocycles. The smallest absolute Gasteiger partial charge is 0.332 e. The Morgan fingerprint density at radius 3 is 2.38 bits per heavy atom. The van der Waals surface area contributed by atoms with Crippen LogP contribution >= 0.6 is 23.2 Å². The highest BCUT2D eigenvalue weighted by molar-refractivity contribution is 6.32. The summed E-state index contributed by atoms with van der Waals surface area (Å²) in [5.41, 5.74) is 1.66. The SMILES string of the molecule is CC(C)=CCn1c(N2CCNCC2)nc2c1c(=O)n(Cc1cc(Cl)nc(Cl)c1)c(=O)n2C. The van der Waals surface area contributed by atoms with Crippen molar-refractivity contribution >= 4 is 40.3 Å². The van der Waals surface area contributed by atoms with E-state index in [2.05, 4.69) is 15.2 Å². The van der Waals surface area contributed by atoms with Crippen LogP contribution in [0.3, 0.4) is 0 Å². The zero-order chi connectivity index (χ0) is 23.0. The Labute approximate surface area is 194 Å². The number of nitrogens with zero attached hydrogens (tertiary/aromatic N) is 6. The second kappa shape index (κ2) is 9.09. The maximum atomic E-state index is 13.6. The van der Waals surface area contributed by atoms with Gasteiger partial charge in [-0.1, -0.05) is 34.9 Å². The van der Waals surface area contributed by atoms with Gasteiger partial charge in [-0.15, -0.1) is 0 Å². The molecule has 11 heteroatoms. The lowest BCUT2D eigenvalue weighted by molar-refractivity contribution is 0.572. The van der Waals surface area contributed by atoms with Gasteiger partial charge in [-0.25, -0.2) is 9.78 Å². The van der Waals surface area contributed by atoms with E-state index in [1.54, 1.807) is 19.2 Å². The molecule has 0 unspecified atom stereocenters. The first-order chi connectivity index (χ1) is 15.3. The number of pyridine rings is 1. The summed E-state index contributed by atoms with van der Waals surface area (Å²) in [5, 5.41) is 3.73. The van der Waals surface area contributed by atoms with Crippen molar-refractivity contribution in [2.75, 3.05) is 31.1 Å². The number of piperazine rings is 1. The topological polar surface area (TPSA) is 90.0 Å². The van der Waals surface area contributed by atoms with Gasteiger partial charge in [0, 0.05) is 39.8 Å². The van der Waals surface area contributed by atoms with Crippen LogP contribution in [0.1, 0.15) is 19.4 Å². The molecule has 0 aliphatic carbocycles. The van der Waals surface area contributed by atoms with Gasteiger partial charge in [0.15, 0.2) is 11.2 Å². The Balaban J connectivity index is 1.93. The summed E-state index contributed by atoms with van der Waals surface area (Å²) >= 11 is 12.0. The first-order valence-electron chi connectivity index (χ1n) is 10.4. The predicted molar refractivity (Wildman–Crippen MR) is 127 cm³/mol. The molecule has 0 saturated carbocycles. The summed E-state index contributed by atoms with van der Waals surface area (Å²) in [6, 6.07) is 3.19. The summed E-state index contributed by atoms with van der Waals surface area (Å²) in [5.74, 6) is 0.693. The Morgan fingerprint density at radius 1 is 1.09 bits per heavy atom. The summed E-state index contributed by atoms with van der Waals surface area (Å²) in [7, 11) is 1.63. The van der Waals surface area contributed by atoms with Gasteiger partial charge in [0.2, 0.25) is 5.95 Å². The largest absolute Gasteiger partial charge is 0.340 e. The molecule has 32 heavy (non-hydrogen) atoms. The Kier molecular flexibility index (Phi) is 6.41. The van der Waals surface area contributed by atoms with Gasteiger partial charge in [-0.3, -0.25) is 13.9 Å². The highest BCUT2D eigenvalue weighted by Gasteiger charge is 2.24. The first-order valence-corrected chi connectivity index (χ1v) is 11.1. The lowest BCUT2D eigenvalue weighted by Crippen LogP contribution is -2.44. The van der Waals surface area contributed by atoms with Crippen LogP contribution in [-0.2, 0) is 20.1 Å². The van der Waals surface area contributed by atoms with Crippen molar-refractivity contribution in [1.82, 2.24) is 29.0 Å². The van der Waals surface area contributed by atoms with Gasteiger partial charge in [0.05, 0.1) is 6.54 Å². The van der Waals surface area contributed by atoms with Gasteiger partial charge in [-0.05, 0) is 31.5 Å². The maximum absolute atomic E-state index is 13.6. The minimum absolute atomic E-state index is 0.0280. The molecule has 0 radical (unpaired) electrons. The van der Waals surface area contributed by atoms with Gasteiger partial charge in [0.25, 0.3) is 5.56 Å². The zero-order valence-corrected chi connectivity index (χ0v) is 19.7. The molecule has 0 atom stereocenters. The molecule has 9 nitrogen and oxygen atoms in total. The number of rotatable bonds is 5. The van der Waals surface area contributed by atoms with E-state index in [4.69, 9.17) is 28.2 Å². The Hall–Kier alpha value is -2.62. The summed E-state index contributed by atoms with van der Waals surface area (Å²) in [4.78, 5) is 37.5. The van der Waals surface area contributed by atoms with E-state index >= 15 is 0 Å². The van der Waals surface area contributed by atoms with Crippen LogP contribution in [0.25, 0.3) is 11.2 Å². The van der Waals surface area contributed by atoms with Crippen molar-refractivity contribution in [2.24, 2.45) is 7.05 Å². The number of halogens is 2. The van der Waals surface area contributed by atoms with Crippen molar-refractivity contribution in [2.45, 2.75) is 26.9 Å². The van der Waals surface area contributed by atoms with E-state index in [0.29, 0.717) is 29.2 Å². The fraction of sp³-hybridized carbons (Fsp3) is 0.429. The minimum atomic E-state index is -0.453. The first kappa shape index (κ1) is 22.6. The number of allylic oxidation sites excluding steroid dienone is 2. The number of hydrogen-bond acceptors (Lipinski definition) is 6. The van der Waals surface area contributed by atoms with Crippen LogP contribution < -0.4 is 21.5 Å². The van der Waals surface area contributed by atoms with Gasteiger partial charge in [0.1, 0.15) is 10.3 Å². The lowest BCUT2D eigenvalue weighted by Gasteiger charge is -2.28. The molecule has 0 amide bonds. The van der Waals surface area contributed by atoms with Crippen LogP contribution in [0.5, 0.6) is 0 Å². The molecule has 0 aromatic carbocycles. The van der Waals surface area contributed by atoms with Crippen LogP contribution in [0, 0.1) is 0 Å². The average molecular weight is 478 g/mol. The zero-order valence-electron chi connectivity index (χ0n) is 18.2. The second-order valence-electron chi connectivity index (χ2n) is 8.07. The lowest BCUT2D eigenvalue weighted by atomic mass is 10.2. The molecule has 3 aromatic rings. The van der Waals surface area contributed by atoms with E-state index in [1.165, 1.54) is 9.13 Å². The number of anilines is 1. The molecule has 170 valence electrons. The number of imidazole rings is 1. The molecule has 1 saturated heterocycles. The third-order valence-corrected chi connectivity index (χ3v) is 5.84. The van der Waals surface area contributed by atoms with Crippen LogP contribution in [-0.4, -0.2) is 49.8 Å². The van der Waals surface area contributed by atoms with Crippen LogP contribution in [0.2, 0.25) is 10.3 Å². The van der Waals surface area contributed by atoms with Crippen molar-refractivity contribution in [3.63, 3.8) is 0 Å². The average Bonchev–Trinajstić information content (AvgIpc) is 3.13. The third kappa shape index (κ3) is 4.32. The number of nitrogens with one attached hydrogen (secondary N) is 1. The number of hydrogen-bond donors (Lipinski definition) is 1. The maximum Gasteiger partial charge on any atom is 0.332 e. The molecule has 4 rings (SSSR count). The van der Waals surface area contributed by atoms with E-state index in [-0.39, 0.29) is 16.9 Å². The summed E-state index contributed by atoms with van der Waals surface area (Å²) in [6.07, 6.45) is 2.05. The van der Waals surface area contributed by atoms with Gasteiger partial charge in [-0.2, -0.15) is 4.98 Å². The van der Waals surface area contributed by atoms with E-state index in [1.807, 2.05) is 24.5 Å². The van der Waals surface area contributed by atoms with E-state index in [0.717, 1.165) is 31.8 Å². The highest BCUT2D eigenvalue weighted by atomic mass is 35.5. The molecule has 0 bridgehead atoms. The third-order valence-electron chi connectivity index (χ3n) is 5.46. The number of fused-ring (bicyclic) bond motifs is 1. The molecule has 1 fully saturated rings. The monoisotopic (exact) mass is 477 g/mol. The number of aryl methyl sites for hydroxylation is 1. The predicted octanol–water partition coefficient (Wildman–Crippen LogP) is 2.02. The number of aromatic nitrogens is 5. The summed E-state index contributed by atoms with van der Waals surface area (Å²) < 4.78 is 4.51. The fourth-order valence-corrected chi connectivity index (χ4v) is 4.35. The molecule has 1 N–H and O–H groups in total. The van der Waals surface area contributed by atoms with Gasteiger partial charge < -0.3 is 14.8 Å². The van der Waals surface area contributed by atoms with Crippen LogP contribution in [0.4, 0.5) is 5.95 Å². The van der Waals surface area contributed by atoms with Crippen LogP contribution in [0.15, 0.2) is 33.4 Å². The van der Waals surface area contributed by atoms with Crippen molar-refractivity contribution in [1.29, 1.82) is 0 Å². The van der Waals surface area contributed by atoms with Crippen molar-refractivity contribution in [3.8, 4) is 0 Å². The van der Waals surface area contributed by atoms with E-state index in [9.17, 15) is 9.59 Å². The standard InChI is InChI=1S/C21H25Cl2N7O2/c1-13(2)4-7-29-17-18(26-20(29)28-8-5-24-6-9-28)27(3)21(32)30(19(17)31)12-14-10-15(22)25-16(23)11-14/h4,10-11,24H,5-9,12H2,1-3H3. The fourth-order valence-electron chi connectivity index (χ4n) is 3.84. The highest BCUT2D eigenvalue weighted by Crippen LogP contribution is 2.21. The molecule has 0 spiro atoms. The van der Waals surface area contributed by atoms with Gasteiger partial charge >= 0.3 is 5.69 Å². The molecular formula is C21H25Cl2N7O2.